The van der Waals surface area contributed by atoms with Gasteiger partial charge in [0.1, 0.15) is 5.60 Å². The van der Waals surface area contributed by atoms with Gasteiger partial charge in [-0.15, -0.1) is 0 Å². The molecule has 1 atom stereocenters. The summed E-state index contributed by atoms with van der Waals surface area (Å²) in [6.45, 7) is 1.15. The van der Waals surface area contributed by atoms with E-state index in [0.717, 1.165) is 24.1 Å². The highest BCUT2D eigenvalue weighted by Gasteiger charge is 2.36. The minimum absolute atomic E-state index is 0.124. The summed E-state index contributed by atoms with van der Waals surface area (Å²) in [6.07, 6.45) is 4.87. The van der Waals surface area contributed by atoms with Gasteiger partial charge in [-0.25, -0.2) is 4.98 Å². The van der Waals surface area contributed by atoms with Crippen molar-refractivity contribution in [3.63, 3.8) is 0 Å². The number of pyridine rings is 1. The van der Waals surface area contributed by atoms with Crippen molar-refractivity contribution in [2.75, 3.05) is 18.0 Å². The van der Waals surface area contributed by atoms with Gasteiger partial charge in [0.05, 0.1) is 12.2 Å². The van der Waals surface area contributed by atoms with Crippen LogP contribution in [0.5, 0.6) is 0 Å². The predicted octanol–water partition coefficient (Wildman–Crippen LogP) is 2.33. The number of hydrogen-bond donors (Lipinski definition) is 1. The first-order valence-electron chi connectivity index (χ1n) is 9.08. The van der Waals surface area contributed by atoms with E-state index in [1.807, 2.05) is 47.4 Å². The molecule has 1 aliphatic heterocycles. The van der Waals surface area contributed by atoms with Crippen LogP contribution in [-0.2, 0) is 12.6 Å². The standard InChI is InChI=1S/C21H22N4O2/c1-24-19(26)14-18(16-8-11-22-12-9-16)23-20(24)25-13-5-10-21(27,15-25)17-6-3-2-4-7-17/h2-4,6-9,11-12,14,27H,5,10,13,15H2,1H3. The third kappa shape index (κ3) is 3.36. The zero-order valence-electron chi connectivity index (χ0n) is 15.2. The highest BCUT2D eigenvalue weighted by Crippen LogP contribution is 2.33. The minimum Gasteiger partial charge on any atom is -0.383 e. The van der Waals surface area contributed by atoms with Gasteiger partial charge < -0.3 is 10.0 Å². The molecule has 1 unspecified atom stereocenters. The first-order chi connectivity index (χ1) is 13.1. The second kappa shape index (κ2) is 6.96. The summed E-state index contributed by atoms with van der Waals surface area (Å²) in [5.41, 5.74) is 1.28. The van der Waals surface area contributed by atoms with Gasteiger partial charge in [0.25, 0.3) is 5.56 Å². The van der Waals surface area contributed by atoms with E-state index in [1.54, 1.807) is 24.0 Å². The van der Waals surface area contributed by atoms with Crippen molar-refractivity contribution in [1.29, 1.82) is 0 Å². The Bertz CT molecular complexity index is 988. The Morgan fingerprint density at radius 1 is 1.11 bits per heavy atom. The van der Waals surface area contributed by atoms with Crippen molar-refractivity contribution >= 4 is 5.95 Å². The summed E-state index contributed by atoms with van der Waals surface area (Å²) in [5.74, 6) is 0.573. The van der Waals surface area contributed by atoms with Crippen LogP contribution < -0.4 is 10.5 Å². The molecule has 1 saturated heterocycles. The maximum absolute atomic E-state index is 12.5. The van der Waals surface area contributed by atoms with Crippen LogP contribution in [0.25, 0.3) is 11.3 Å². The van der Waals surface area contributed by atoms with Crippen LogP contribution in [0, 0.1) is 0 Å². The molecule has 1 N–H and O–H groups in total. The topological polar surface area (TPSA) is 71.2 Å². The Morgan fingerprint density at radius 3 is 2.59 bits per heavy atom. The number of aromatic nitrogens is 3. The first-order valence-corrected chi connectivity index (χ1v) is 9.08. The van der Waals surface area contributed by atoms with Gasteiger partial charge in [-0.05, 0) is 30.5 Å². The van der Waals surface area contributed by atoms with Crippen molar-refractivity contribution in [3.8, 4) is 11.3 Å². The lowest BCUT2D eigenvalue weighted by molar-refractivity contribution is 0.0213. The molecule has 3 aromatic rings. The molecule has 1 aromatic carbocycles. The quantitative estimate of drug-likeness (QED) is 0.774. The Balaban J connectivity index is 1.72. The van der Waals surface area contributed by atoms with Gasteiger partial charge in [0.2, 0.25) is 5.95 Å². The zero-order chi connectivity index (χ0) is 18.9. The van der Waals surface area contributed by atoms with Crippen LogP contribution in [0.3, 0.4) is 0 Å². The normalized spacial score (nSPS) is 19.9. The van der Waals surface area contributed by atoms with E-state index in [9.17, 15) is 9.90 Å². The van der Waals surface area contributed by atoms with Gasteiger partial charge in [-0.3, -0.25) is 14.3 Å². The molecule has 27 heavy (non-hydrogen) atoms. The second-order valence-electron chi connectivity index (χ2n) is 7.00. The number of nitrogens with zero attached hydrogens (tertiary/aromatic N) is 4. The number of rotatable bonds is 3. The molecule has 138 valence electrons. The number of benzene rings is 1. The zero-order valence-corrected chi connectivity index (χ0v) is 15.2. The third-order valence-corrected chi connectivity index (χ3v) is 5.15. The number of β-amino-alcohol motifs (C(OH)–C–C–N with tert-alkyl or cyclic N) is 1. The molecule has 2 aromatic heterocycles. The van der Waals surface area contributed by atoms with Gasteiger partial charge in [-0.2, -0.15) is 0 Å². The number of hydrogen-bond acceptors (Lipinski definition) is 5. The molecule has 6 heteroatoms. The molecular formula is C21H22N4O2. The summed E-state index contributed by atoms with van der Waals surface area (Å²) >= 11 is 0. The van der Waals surface area contributed by atoms with E-state index in [-0.39, 0.29) is 5.56 Å². The minimum atomic E-state index is -0.954. The molecule has 6 nitrogen and oxygen atoms in total. The fourth-order valence-electron chi connectivity index (χ4n) is 3.67. The molecule has 0 amide bonds. The fraction of sp³-hybridized carbons (Fsp3) is 0.286. The molecule has 1 aliphatic rings. The molecule has 0 radical (unpaired) electrons. The monoisotopic (exact) mass is 362 g/mol. The van der Waals surface area contributed by atoms with E-state index >= 15 is 0 Å². The summed E-state index contributed by atoms with van der Waals surface area (Å²) in [5, 5.41) is 11.3. The average molecular weight is 362 g/mol. The Hall–Kier alpha value is -2.99. The first kappa shape index (κ1) is 17.4. The van der Waals surface area contributed by atoms with Crippen LogP contribution >= 0.6 is 0 Å². The van der Waals surface area contributed by atoms with Crippen molar-refractivity contribution < 1.29 is 5.11 Å². The van der Waals surface area contributed by atoms with E-state index < -0.39 is 5.60 Å². The maximum atomic E-state index is 12.5. The molecule has 0 saturated carbocycles. The van der Waals surface area contributed by atoms with Gasteiger partial charge >= 0.3 is 0 Å². The highest BCUT2D eigenvalue weighted by atomic mass is 16.3. The summed E-state index contributed by atoms with van der Waals surface area (Å²) in [6, 6.07) is 14.9. The molecule has 0 bridgehead atoms. The van der Waals surface area contributed by atoms with Gasteiger partial charge in [0, 0.05) is 37.6 Å². The van der Waals surface area contributed by atoms with Crippen LogP contribution in [0.2, 0.25) is 0 Å². The average Bonchev–Trinajstić information content (AvgIpc) is 2.71. The predicted molar refractivity (Wildman–Crippen MR) is 104 cm³/mol. The van der Waals surface area contributed by atoms with Crippen LogP contribution in [0.1, 0.15) is 18.4 Å². The second-order valence-corrected chi connectivity index (χ2v) is 7.00. The molecule has 3 heterocycles. The lowest BCUT2D eigenvalue weighted by atomic mass is 9.86. The Morgan fingerprint density at radius 2 is 1.85 bits per heavy atom. The van der Waals surface area contributed by atoms with Gasteiger partial charge in [0.15, 0.2) is 0 Å². The van der Waals surface area contributed by atoms with E-state index in [2.05, 4.69) is 4.98 Å². The fourth-order valence-corrected chi connectivity index (χ4v) is 3.67. The molecule has 1 fully saturated rings. The molecule has 4 rings (SSSR count). The Kier molecular flexibility index (Phi) is 4.49. The number of aliphatic hydroxyl groups is 1. The number of piperidine rings is 1. The van der Waals surface area contributed by atoms with Crippen molar-refractivity contribution in [2.45, 2.75) is 18.4 Å². The van der Waals surface area contributed by atoms with Crippen LogP contribution in [0.4, 0.5) is 5.95 Å². The molecule has 0 spiro atoms. The summed E-state index contributed by atoms with van der Waals surface area (Å²) < 4.78 is 1.54. The largest absolute Gasteiger partial charge is 0.383 e. The lowest BCUT2D eigenvalue weighted by Gasteiger charge is -2.40. The van der Waals surface area contributed by atoms with Gasteiger partial charge in [-0.1, -0.05) is 30.3 Å². The lowest BCUT2D eigenvalue weighted by Crippen LogP contribution is -2.48. The highest BCUT2D eigenvalue weighted by molar-refractivity contribution is 5.59. The summed E-state index contributed by atoms with van der Waals surface area (Å²) in [4.78, 5) is 23.3. The van der Waals surface area contributed by atoms with E-state index in [1.165, 1.54) is 6.07 Å². The SMILES string of the molecule is Cn1c(N2CCCC(O)(c3ccccc3)C2)nc(-c2ccncc2)cc1=O. The molecular weight excluding hydrogens is 340 g/mol. The Labute approximate surface area is 157 Å². The number of anilines is 1. The van der Waals surface area contributed by atoms with Crippen LogP contribution in [0.15, 0.2) is 65.7 Å². The maximum Gasteiger partial charge on any atom is 0.255 e. The van der Waals surface area contributed by atoms with Crippen molar-refractivity contribution in [3.05, 3.63) is 76.8 Å². The van der Waals surface area contributed by atoms with E-state index in [4.69, 9.17) is 4.98 Å². The van der Waals surface area contributed by atoms with Crippen molar-refractivity contribution in [2.24, 2.45) is 7.05 Å². The van der Waals surface area contributed by atoms with Crippen molar-refractivity contribution in [1.82, 2.24) is 14.5 Å². The van der Waals surface area contributed by atoms with Crippen LogP contribution in [-0.4, -0.2) is 32.7 Å². The third-order valence-electron chi connectivity index (χ3n) is 5.15. The van der Waals surface area contributed by atoms with E-state index in [0.29, 0.717) is 24.6 Å². The summed E-state index contributed by atoms with van der Waals surface area (Å²) in [7, 11) is 1.72. The molecule has 0 aliphatic carbocycles. The smallest absolute Gasteiger partial charge is 0.255 e.